The molecule has 0 fully saturated rings. The number of aliphatic hydroxyl groups excluding tert-OH is 2. The van der Waals surface area contributed by atoms with Gasteiger partial charge in [0.2, 0.25) is 12.4 Å². The van der Waals surface area contributed by atoms with Crippen molar-refractivity contribution < 1.29 is 67.4 Å². The van der Waals surface area contributed by atoms with Crippen molar-refractivity contribution in [3.05, 3.63) is 0 Å². The Morgan fingerprint density at radius 1 is 1.00 bits per heavy atom. The molecule has 0 radical (unpaired) electrons. The zero-order valence-electron chi connectivity index (χ0n) is 10.3. The molecule has 22 heavy (non-hydrogen) atoms. The Balaban J connectivity index is 5.39. The van der Waals surface area contributed by atoms with Crippen LogP contribution in [0.2, 0.25) is 0 Å². The van der Waals surface area contributed by atoms with E-state index in [-0.39, 0.29) is 0 Å². The van der Waals surface area contributed by atoms with E-state index in [0.717, 1.165) is 0 Å². The molecule has 0 heterocycles. The summed E-state index contributed by atoms with van der Waals surface area (Å²) < 4.78 is 32.7. The van der Waals surface area contributed by atoms with Gasteiger partial charge >= 0.3 is 27.6 Å². The van der Waals surface area contributed by atoms with Gasteiger partial charge in [-0.25, -0.2) is 18.7 Å². The van der Waals surface area contributed by atoms with Crippen molar-refractivity contribution in [1.82, 2.24) is 0 Å². The van der Waals surface area contributed by atoms with Crippen molar-refractivity contribution in [2.24, 2.45) is 0 Å². The molecule has 14 nitrogen and oxygen atoms in total. The molecule has 0 aromatic heterocycles. The third-order valence-corrected chi connectivity index (χ3v) is 2.63. The summed E-state index contributed by atoms with van der Waals surface area (Å²) in [6, 6.07) is 0. The molecule has 7 N–H and O–H groups in total. The maximum Gasteiger partial charge on any atom is 0.472 e. The molecule has 2 atom stereocenters. The predicted molar refractivity (Wildman–Crippen MR) is 60.7 cm³/mol. The summed E-state index contributed by atoms with van der Waals surface area (Å²) in [6.07, 6.45) is -7.89. The van der Waals surface area contributed by atoms with Crippen LogP contribution in [0.15, 0.2) is 0 Å². The van der Waals surface area contributed by atoms with E-state index in [9.17, 15) is 18.7 Å². The number of carboxylic acid groups (broad SMARTS) is 1. The molecular formula is C6H12O14P2. The van der Waals surface area contributed by atoms with Crippen molar-refractivity contribution in [1.29, 1.82) is 0 Å². The first kappa shape index (κ1) is 21.1. The summed E-state index contributed by atoms with van der Waals surface area (Å²) in [4.78, 5) is 56.2. The fourth-order valence-corrected chi connectivity index (χ4v) is 1.82. The first-order valence-corrected chi connectivity index (χ1v) is 8.03. The van der Waals surface area contributed by atoms with Crippen LogP contribution in [-0.2, 0) is 32.5 Å². The van der Waals surface area contributed by atoms with Crippen molar-refractivity contribution in [2.75, 3.05) is 6.61 Å². The number of aliphatic hydroxyl groups is 2. The number of esters is 1. The van der Waals surface area contributed by atoms with Crippen LogP contribution in [0.4, 0.5) is 0 Å². The quantitative estimate of drug-likeness (QED) is 0.121. The normalized spacial score (nSPS) is 15.4. The number of rotatable bonds is 9. The Kier molecular flexibility index (Phi) is 7.74. The molecule has 0 saturated carbocycles. The smallest absolute Gasteiger partial charge is 0.472 e. The molecule has 0 aliphatic rings. The lowest BCUT2D eigenvalue weighted by atomic mass is 10.3. The van der Waals surface area contributed by atoms with Crippen molar-refractivity contribution >= 4 is 27.6 Å². The number of carboxylic acids is 1. The van der Waals surface area contributed by atoms with Crippen LogP contribution in [0.5, 0.6) is 0 Å². The average molecular weight is 370 g/mol. The second kappa shape index (κ2) is 8.08. The third-order valence-electron chi connectivity index (χ3n) is 1.66. The van der Waals surface area contributed by atoms with Gasteiger partial charge in [-0.3, -0.25) is 9.05 Å². The summed E-state index contributed by atoms with van der Waals surface area (Å²) >= 11 is 0. The van der Waals surface area contributed by atoms with Gasteiger partial charge in [-0.05, 0) is 0 Å². The lowest BCUT2D eigenvalue weighted by Gasteiger charge is -2.24. The summed E-state index contributed by atoms with van der Waals surface area (Å²) in [5, 5.41) is 26.1. The van der Waals surface area contributed by atoms with Crippen LogP contribution in [0.1, 0.15) is 0 Å². The highest BCUT2D eigenvalue weighted by atomic mass is 31.2. The topological polar surface area (TPSA) is 238 Å². The molecular weight excluding hydrogens is 358 g/mol. The van der Waals surface area contributed by atoms with Gasteiger partial charge in [0, 0.05) is 0 Å². The summed E-state index contributed by atoms with van der Waals surface area (Å²) in [7, 11) is -11.0. The molecule has 0 bridgehead atoms. The Morgan fingerprint density at radius 3 is 1.68 bits per heavy atom. The molecule has 0 rings (SSSR count). The third kappa shape index (κ3) is 8.51. The van der Waals surface area contributed by atoms with E-state index in [2.05, 4.69) is 13.8 Å². The minimum atomic E-state index is -5.51. The van der Waals surface area contributed by atoms with Gasteiger partial charge in [0.25, 0.3) is 0 Å². The van der Waals surface area contributed by atoms with Gasteiger partial charge in [-0.15, -0.1) is 0 Å². The standard InChI is InChI=1S/C6H12O14P2/c7-1-2(8)5(11)18-3(4(9)10)6(19-21(12,13)14)20-22(15,16)17/h2-3,6-8H,1H2,(H,9,10)(H2,12,13,14)(H2,15,16,17). The second-order valence-corrected chi connectivity index (χ2v) is 5.84. The highest BCUT2D eigenvalue weighted by Gasteiger charge is 2.42. The van der Waals surface area contributed by atoms with Crippen LogP contribution in [-0.4, -0.2) is 71.9 Å². The maximum absolute atomic E-state index is 11.1. The van der Waals surface area contributed by atoms with E-state index >= 15 is 0 Å². The Hall–Kier alpha value is -0.920. The fraction of sp³-hybridized carbons (Fsp3) is 0.667. The number of phosphoric ester groups is 2. The second-order valence-electron chi connectivity index (χ2n) is 3.45. The van der Waals surface area contributed by atoms with Crippen molar-refractivity contribution in [3.8, 4) is 0 Å². The number of carbonyl (C=O) groups is 2. The molecule has 0 aliphatic carbocycles. The molecule has 16 heteroatoms. The Labute approximate surface area is 121 Å². The SMILES string of the molecule is O=C(OC(C(=O)O)C(OP(=O)(O)O)OP(=O)(O)O)C(O)CO. The molecule has 0 aromatic carbocycles. The zero-order valence-corrected chi connectivity index (χ0v) is 12.1. The molecule has 0 aliphatic heterocycles. The van der Waals surface area contributed by atoms with Gasteiger partial charge in [-0.2, -0.15) is 0 Å². The highest BCUT2D eigenvalue weighted by Crippen LogP contribution is 2.45. The van der Waals surface area contributed by atoms with E-state index in [0.29, 0.717) is 0 Å². The van der Waals surface area contributed by atoms with E-state index in [4.69, 9.17) is 34.9 Å². The van der Waals surface area contributed by atoms with E-state index in [1.54, 1.807) is 0 Å². The molecule has 0 amide bonds. The monoisotopic (exact) mass is 370 g/mol. The summed E-state index contributed by atoms with van der Waals surface area (Å²) in [6.45, 7) is -1.19. The summed E-state index contributed by atoms with van der Waals surface area (Å²) in [5.41, 5.74) is 0. The molecule has 0 saturated heterocycles. The van der Waals surface area contributed by atoms with Crippen LogP contribution < -0.4 is 0 Å². The van der Waals surface area contributed by atoms with Gasteiger partial charge < -0.3 is 39.6 Å². The van der Waals surface area contributed by atoms with Crippen LogP contribution in [0.3, 0.4) is 0 Å². The van der Waals surface area contributed by atoms with Gasteiger partial charge in [0.15, 0.2) is 6.10 Å². The predicted octanol–water partition coefficient (Wildman–Crippen LogP) is -3.12. The largest absolute Gasteiger partial charge is 0.478 e. The number of ether oxygens (including phenoxy) is 1. The maximum atomic E-state index is 11.1. The zero-order chi connectivity index (χ0) is 17.7. The van der Waals surface area contributed by atoms with Crippen LogP contribution >= 0.6 is 15.6 Å². The number of aliphatic carboxylic acids is 1. The van der Waals surface area contributed by atoms with Crippen LogP contribution in [0, 0.1) is 0 Å². The molecule has 0 aromatic rings. The van der Waals surface area contributed by atoms with Crippen molar-refractivity contribution in [3.63, 3.8) is 0 Å². The molecule has 130 valence electrons. The van der Waals surface area contributed by atoms with E-state index in [1.807, 2.05) is 0 Å². The number of phosphoric acid groups is 2. The molecule has 2 unspecified atom stereocenters. The van der Waals surface area contributed by atoms with Crippen LogP contribution in [0.25, 0.3) is 0 Å². The first-order valence-electron chi connectivity index (χ1n) is 4.97. The lowest BCUT2D eigenvalue weighted by Crippen LogP contribution is -2.43. The molecule has 0 spiro atoms. The average Bonchev–Trinajstić information content (AvgIpc) is 2.29. The van der Waals surface area contributed by atoms with Crippen molar-refractivity contribution in [2.45, 2.75) is 18.5 Å². The minimum absolute atomic E-state index is 1.19. The fourth-order valence-electron chi connectivity index (χ4n) is 0.901. The lowest BCUT2D eigenvalue weighted by molar-refractivity contribution is -0.192. The Bertz CT molecular complexity index is 466. The number of carbonyl (C=O) groups excluding carboxylic acids is 1. The number of hydrogen-bond donors (Lipinski definition) is 7. The van der Waals surface area contributed by atoms with Gasteiger partial charge in [0.1, 0.15) is 0 Å². The number of hydrogen-bond acceptors (Lipinski definition) is 9. The van der Waals surface area contributed by atoms with Gasteiger partial charge in [-0.1, -0.05) is 0 Å². The summed E-state index contributed by atoms with van der Waals surface area (Å²) in [5.74, 6) is -3.95. The first-order chi connectivity index (χ1) is 9.76. The minimum Gasteiger partial charge on any atom is -0.478 e. The van der Waals surface area contributed by atoms with Gasteiger partial charge in [0.05, 0.1) is 6.61 Å². The van der Waals surface area contributed by atoms with E-state index < -0.39 is 52.7 Å². The highest BCUT2D eigenvalue weighted by molar-refractivity contribution is 7.47. The van der Waals surface area contributed by atoms with E-state index in [1.165, 1.54) is 0 Å². The Morgan fingerprint density at radius 2 is 1.41 bits per heavy atom.